The molecule has 1 heterocycles. The molecule has 20 heavy (non-hydrogen) atoms. The summed E-state index contributed by atoms with van der Waals surface area (Å²) < 4.78 is 50.1. The number of piperidine rings is 1. The van der Waals surface area contributed by atoms with Crippen LogP contribution < -0.4 is 5.32 Å². The van der Waals surface area contributed by atoms with Crippen LogP contribution in [0, 0.1) is 5.92 Å². The Bertz CT molecular complexity index is 366. The number of rotatable bonds is 4. The van der Waals surface area contributed by atoms with Gasteiger partial charge in [0.25, 0.3) is 5.91 Å². The monoisotopic (exact) mass is 298 g/mol. The molecule has 8 heteroatoms. The third-order valence-electron chi connectivity index (χ3n) is 3.21. The van der Waals surface area contributed by atoms with E-state index in [2.05, 4.69) is 5.32 Å². The van der Waals surface area contributed by atoms with Crippen molar-refractivity contribution in [1.29, 1.82) is 0 Å². The van der Waals surface area contributed by atoms with Crippen LogP contribution in [0.3, 0.4) is 0 Å². The van der Waals surface area contributed by atoms with Crippen molar-refractivity contribution in [2.75, 3.05) is 13.1 Å². The van der Waals surface area contributed by atoms with Crippen LogP contribution in [0.1, 0.15) is 26.7 Å². The van der Waals surface area contributed by atoms with E-state index in [4.69, 9.17) is 0 Å². The maximum absolute atomic E-state index is 12.9. The molecule has 1 rings (SSSR count). The first-order valence-corrected chi connectivity index (χ1v) is 6.42. The first-order chi connectivity index (χ1) is 9.16. The quantitative estimate of drug-likeness (QED) is 0.802. The van der Waals surface area contributed by atoms with Gasteiger partial charge in [-0.1, -0.05) is 13.8 Å². The highest BCUT2D eigenvalue weighted by atomic mass is 19.3. The number of alkyl halides is 4. The van der Waals surface area contributed by atoms with Crippen LogP contribution in [0.25, 0.3) is 0 Å². The second-order valence-corrected chi connectivity index (χ2v) is 5.15. The normalized spacial score (nSPS) is 17.7. The van der Waals surface area contributed by atoms with E-state index in [-0.39, 0.29) is 43.8 Å². The Labute approximate surface area is 114 Å². The summed E-state index contributed by atoms with van der Waals surface area (Å²) >= 11 is 0. The van der Waals surface area contributed by atoms with Crippen LogP contribution in [0.5, 0.6) is 0 Å². The number of hydrogen-bond donors (Lipinski definition) is 1. The Morgan fingerprint density at radius 2 is 1.70 bits per heavy atom. The predicted molar refractivity (Wildman–Crippen MR) is 63.5 cm³/mol. The Hall–Kier alpha value is -1.34. The van der Waals surface area contributed by atoms with Crippen molar-refractivity contribution in [2.45, 2.75) is 45.1 Å². The Morgan fingerprint density at radius 1 is 1.20 bits per heavy atom. The van der Waals surface area contributed by atoms with Crippen LogP contribution in [-0.2, 0) is 9.59 Å². The first-order valence-electron chi connectivity index (χ1n) is 6.42. The van der Waals surface area contributed by atoms with Crippen molar-refractivity contribution >= 4 is 11.8 Å². The summed E-state index contributed by atoms with van der Waals surface area (Å²) in [5.41, 5.74) is 0. The molecule has 0 aromatic heterocycles. The highest BCUT2D eigenvalue weighted by Gasteiger charge is 2.51. The number of likely N-dealkylation sites (tertiary alicyclic amines) is 1. The fourth-order valence-electron chi connectivity index (χ4n) is 1.90. The predicted octanol–water partition coefficient (Wildman–Crippen LogP) is 1.65. The molecule has 0 aliphatic carbocycles. The molecular weight excluding hydrogens is 280 g/mol. The lowest BCUT2D eigenvalue weighted by atomic mass is 10.0. The molecule has 1 aliphatic rings. The molecule has 2 amide bonds. The van der Waals surface area contributed by atoms with Gasteiger partial charge in [-0.3, -0.25) is 9.59 Å². The molecule has 116 valence electrons. The topological polar surface area (TPSA) is 49.4 Å². The summed E-state index contributed by atoms with van der Waals surface area (Å²) in [5, 5.41) is 2.73. The number of nitrogens with zero attached hydrogens (tertiary/aromatic N) is 1. The summed E-state index contributed by atoms with van der Waals surface area (Å²) in [6, 6.07) is -0.214. The van der Waals surface area contributed by atoms with E-state index >= 15 is 0 Å². The first kappa shape index (κ1) is 16.7. The molecule has 1 aliphatic heterocycles. The molecule has 1 N–H and O–H groups in total. The lowest BCUT2D eigenvalue weighted by molar-refractivity contribution is -0.181. The van der Waals surface area contributed by atoms with Gasteiger partial charge in [-0.15, -0.1) is 0 Å². The molecule has 1 saturated heterocycles. The molecule has 0 radical (unpaired) electrons. The van der Waals surface area contributed by atoms with E-state index in [1.165, 1.54) is 0 Å². The Kier molecular flexibility index (Phi) is 5.35. The largest absolute Gasteiger partial charge is 0.383 e. The molecule has 0 aromatic rings. The smallest absolute Gasteiger partial charge is 0.353 e. The van der Waals surface area contributed by atoms with Crippen LogP contribution in [0.2, 0.25) is 0 Å². The number of carbonyl (C=O) groups excluding carboxylic acids is 2. The van der Waals surface area contributed by atoms with Crippen LogP contribution in [0.15, 0.2) is 0 Å². The Balaban J connectivity index is 2.50. The minimum absolute atomic E-state index is 0.0653. The third-order valence-corrected chi connectivity index (χ3v) is 3.21. The van der Waals surface area contributed by atoms with E-state index in [9.17, 15) is 27.2 Å². The van der Waals surface area contributed by atoms with Crippen molar-refractivity contribution in [2.24, 2.45) is 5.92 Å². The number of nitrogens with one attached hydrogen (secondary N) is 1. The number of carbonyl (C=O) groups is 2. The van der Waals surface area contributed by atoms with Crippen LogP contribution in [-0.4, -0.2) is 48.2 Å². The zero-order chi connectivity index (χ0) is 15.5. The van der Waals surface area contributed by atoms with E-state index in [1.54, 1.807) is 13.8 Å². The SMILES string of the molecule is CC(C)C(=O)NC1CCN(C(=O)C(F)(F)C(F)F)CC1. The minimum Gasteiger partial charge on any atom is -0.353 e. The summed E-state index contributed by atoms with van der Waals surface area (Å²) in [6.45, 7) is 3.31. The summed E-state index contributed by atoms with van der Waals surface area (Å²) in [6.07, 6.45) is -3.44. The van der Waals surface area contributed by atoms with Crippen molar-refractivity contribution in [3.8, 4) is 0 Å². The average molecular weight is 298 g/mol. The molecule has 0 spiro atoms. The van der Waals surface area contributed by atoms with Crippen molar-refractivity contribution < 1.29 is 27.2 Å². The van der Waals surface area contributed by atoms with Gasteiger partial charge in [0.05, 0.1) is 0 Å². The van der Waals surface area contributed by atoms with Gasteiger partial charge in [0, 0.05) is 25.0 Å². The molecule has 0 bridgehead atoms. The van der Waals surface area contributed by atoms with Crippen molar-refractivity contribution in [3.05, 3.63) is 0 Å². The lowest BCUT2D eigenvalue weighted by Gasteiger charge is -2.34. The standard InChI is InChI=1S/C12H18F4N2O2/c1-7(2)9(19)17-8-3-5-18(6-4-8)11(20)12(15,16)10(13)14/h7-8,10H,3-6H2,1-2H3,(H,17,19). The molecular formula is C12H18F4N2O2. The van der Waals surface area contributed by atoms with E-state index < -0.39 is 18.3 Å². The second-order valence-electron chi connectivity index (χ2n) is 5.15. The average Bonchev–Trinajstić information content (AvgIpc) is 2.38. The molecule has 0 saturated carbocycles. The molecule has 0 unspecified atom stereocenters. The van der Waals surface area contributed by atoms with Gasteiger partial charge in [-0.25, -0.2) is 8.78 Å². The number of hydrogen-bond acceptors (Lipinski definition) is 2. The lowest BCUT2D eigenvalue weighted by Crippen LogP contribution is -2.53. The van der Waals surface area contributed by atoms with Gasteiger partial charge in [-0.2, -0.15) is 8.78 Å². The van der Waals surface area contributed by atoms with Crippen molar-refractivity contribution in [3.63, 3.8) is 0 Å². The maximum atomic E-state index is 12.9. The summed E-state index contributed by atoms with van der Waals surface area (Å²) in [7, 11) is 0. The van der Waals surface area contributed by atoms with Crippen LogP contribution >= 0.6 is 0 Å². The van der Waals surface area contributed by atoms with E-state index in [0.717, 1.165) is 4.90 Å². The van der Waals surface area contributed by atoms with Crippen molar-refractivity contribution in [1.82, 2.24) is 10.2 Å². The molecule has 1 fully saturated rings. The second kappa shape index (κ2) is 6.41. The van der Waals surface area contributed by atoms with Gasteiger partial charge in [0.1, 0.15) is 0 Å². The fourth-order valence-corrected chi connectivity index (χ4v) is 1.90. The highest BCUT2D eigenvalue weighted by Crippen LogP contribution is 2.27. The summed E-state index contributed by atoms with van der Waals surface area (Å²) in [5.74, 6) is -6.85. The fraction of sp³-hybridized carbons (Fsp3) is 0.833. The third kappa shape index (κ3) is 3.83. The van der Waals surface area contributed by atoms with Gasteiger partial charge in [-0.05, 0) is 12.8 Å². The molecule has 4 nitrogen and oxygen atoms in total. The summed E-state index contributed by atoms with van der Waals surface area (Å²) in [4.78, 5) is 23.5. The minimum atomic E-state index is -4.64. The van der Waals surface area contributed by atoms with Gasteiger partial charge in [0.15, 0.2) is 0 Å². The maximum Gasteiger partial charge on any atom is 0.383 e. The van der Waals surface area contributed by atoms with E-state index in [1.807, 2.05) is 0 Å². The number of amides is 2. The molecule has 0 atom stereocenters. The molecule has 0 aromatic carbocycles. The van der Waals surface area contributed by atoms with Gasteiger partial charge >= 0.3 is 12.3 Å². The zero-order valence-electron chi connectivity index (χ0n) is 11.3. The highest BCUT2D eigenvalue weighted by molar-refractivity contribution is 5.84. The number of halogens is 4. The Morgan fingerprint density at radius 3 is 2.10 bits per heavy atom. The van der Waals surface area contributed by atoms with Crippen LogP contribution in [0.4, 0.5) is 17.6 Å². The zero-order valence-corrected chi connectivity index (χ0v) is 11.3. The van der Waals surface area contributed by atoms with Gasteiger partial charge < -0.3 is 10.2 Å². The van der Waals surface area contributed by atoms with Gasteiger partial charge in [0.2, 0.25) is 5.91 Å². The van der Waals surface area contributed by atoms with E-state index in [0.29, 0.717) is 0 Å².